The lowest BCUT2D eigenvalue weighted by Crippen LogP contribution is -2.06. The molecule has 0 aliphatic heterocycles. The molecule has 2 aromatic rings. The standard InChI is InChI=1S/C17H15F3O3/c1-2-9-22-15-5-3-4-6-16(15)23-14-8-7-13(17(18,19)20)10-12(14)11-21/h3-8,10-11H,2,9H2,1H3. The fraction of sp³-hybridized carbons (Fsp3) is 0.235. The lowest BCUT2D eigenvalue weighted by atomic mass is 10.1. The van der Waals surface area contributed by atoms with Crippen LogP contribution < -0.4 is 9.47 Å². The average molecular weight is 324 g/mol. The lowest BCUT2D eigenvalue weighted by molar-refractivity contribution is -0.137. The summed E-state index contributed by atoms with van der Waals surface area (Å²) in [6, 6.07) is 9.54. The molecule has 122 valence electrons. The zero-order valence-electron chi connectivity index (χ0n) is 12.4. The molecule has 0 aliphatic carbocycles. The number of hydrogen-bond donors (Lipinski definition) is 0. The Kier molecular flexibility index (Phi) is 5.26. The number of hydrogen-bond acceptors (Lipinski definition) is 3. The molecule has 0 N–H and O–H groups in total. The summed E-state index contributed by atoms with van der Waals surface area (Å²) in [7, 11) is 0. The SMILES string of the molecule is CCCOc1ccccc1Oc1ccc(C(F)(F)F)cc1C=O. The third kappa shape index (κ3) is 4.25. The minimum absolute atomic E-state index is 0.0422. The van der Waals surface area contributed by atoms with Gasteiger partial charge >= 0.3 is 6.18 Å². The van der Waals surface area contributed by atoms with Crippen LogP contribution in [0, 0.1) is 0 Å². The lowest BCUT2D eigenvalue weighted by Gasteiger charge is -2.14. The fourth-order valence-corrected chi connectivity index (χ4v) is 1.89. The molecule has 3 nitrogen and oxygen atoms in total. The zero-order chi connectivity index (χ0) is 16.9. The van der Waals surface area contributed by atoms with Crippen LogP contribution in [0.4, 0.5) is 13.2 Å². The second-order valence-corrected chi connectivity index (χ2v) is 4.77. The average Bonchev–Trinajstić information content (AvgIpc) is 2.53. The Bertz CT molecular complexity index is 681. The van der Waals surface area contributed by atoms with E-state index in [2.05, 4.69) is 0 Å². The Hall–Kier alpha value is -2.50. The van der Waals surface area contributed by atoms with Crippen LogP contribution in [0.2, 0.25) is 0 Å². The Morgan fingerprint density at radius 3 is 2.35 bits per heavy atom. The first-order valence-corrected chi connectivity index (χ1v) is 7.01. The number of alkyl halides is 3. The van der Waals surface area contributed by atoms with Gasteiger partial charge in [-0.2, -0.15) is 13.2 Å². The van der Waals surface area contributed by atoms with E-state index >= 15 is 0 Å². The van der Waals surface area contributed by atoms with Crippen molar-refractivity contribution in [1.82, 2.24) is 0 Å². The molecule has 6 heteroatoms. The van der Waals surface area contributed by atoms with Crippen molar-refractivity contribution in [3.05, 3.63) is 53.6 Å². The van der Waals surface area contributed by atoms with Crippen molar-refractivity contribution < 1.29 is 27.4 Å². The van der Waals surface area contributed by atoms with Crippen molar-refractivity contribution in [2.45, 2.75) is 19.5 Å². The van der Waals surface area contributed by atoms with Gasteiger partial charge in [-0.25, -0.2) is 0 Å². The summed E-state index contributed by atoms with van der Waals surface area (Å²) in [5, 5.41) is 0. The number of halogens is 3. The van der Waals surface area contributed by atoms with Crippen LogP contribution in [0.15, 0.2) is 42.5 Å². The predicted octanol–water partition coefficient (Wildman–Crippen LogP) is 5.10. The van der Waals surface area contributed by atoms with Gasteiger partial charge in [-0.15, -0.1) is 0 Å². The quantitative estimate of drug-likeness (QED) is 0.694. The van der Waals surface area contributed by atoms with Crippen LogP contribution >= 0.6 is 0 Å². The van der Waals surface area contributed by atoms with Crippen molar-refractivity contribution in [3.8, 4) is 17.2 Å². The topological polar surface area (TPSA) is 35.5 Å². The minimum atomic E-state index is -4.52. The molecular formula is C17H15F3O3. The van der Waals surface area contributed by atoms with Gasteiger partial charge in [-0.3, -0.25) is 4.79 Å². The number of carbonyl (C=O) groups is 1. The second-order valence-electron chi connectivity index (χ2n) is 4.77. The van der Waals surface area contributed by atoms with Crippen LogP contribution in [-0.2, 0) is 6.18 Å². The predicted molar refractivity (Wildman–Crippen MR) is 79.1 cm³/mol. The van der Waals surface area contributed by atoms with Gasteiger partial charge < -0.3 is 9.47 Å². The Morgan fingerprint density at radius 1 is 1.04 bits per heavy atom. The molecular weight excluding hydrogens is 309 g/mol. The highest BCUT2D eigenvalue weighted by atomic mass is 19.4. The third-order valence-electron chi connectivity index (χ3n) is 2.99. The normalized spacial score (nSPS) is 11.1. The molecule has 0 saturated carbocycles. The second kappa shape index (κ2) is 7.17. The summed E-state index contributed by atoms with van der Waals surface area (Å²) in [6.45, 7) is 2.43. The van der Waals surface area contributed by atoms with Crippen molar-refractivity contribution >= 4 is 6.29 Å². The summed E-state index contributed by atoms with van der Waals surface area (Å²) < 4.78 is 49.2. The molecule has 0 heterocycles. The number of carbonyl (C=O) groups excluding carboxylic acids is 1. The van der Waals surface area contributed by atoms with Crippen LogP contribution in [0.1, 0.15) is 29.3 Å². The highest BCUT2D eigenvalue weighted by molar-refractivity contribution is 5.80. The fourth-order valence-electron chi connectivity index (χ4n) is 1.89. The molecule has 0 atom stereocenters. The van der Waals surface area contributed by atoms with E-state index in [4.69, 9.17) is 9.47 Å². The van der Waals surface area contributed by atoms with Gasteiger partial charge in [0.25, 0.3) is 0 Å². The van der Waals surface area contributed by atoms with Crippen molar-refractivity contribution in [2.24, 2.45) is 0 Å². The molecule has 0 spiro atoms. The highest BCUT2D eigenvalue weighted by Crippen LogP contribution is 2.36. The smallest absolute Gasteiger partial charge is 0.416 e. The minimum Gasteiger partial charge on any atom is -0.490 e. The first-order valence-electron chi connectivity index (χ1n) is 7.01. The molecule has 23 heavy (non-hydrogen) atoms. The van der Waals surface area contributed by atoms with Crippen LogP contribution in [-0.4, -0.2) is 12.9 Å². The van der Waals surface area contributed by atoms with Gasteiger partial charge in [0.15, 0.2) is 17.8 Å². The summed E-state index contributed by atoms with van der Waals surface area (Å²) >= 11 is 0. The van der Waals surface area contributed by atoms with Gasteiger partial charge in [-0.05, 0) is 36.8 Å². The van der Waals surface area contributed by atoms with Gasteiger partial charge in [0, 0.05) is 0 Å². The summed E-state index contributed by atoms with van der Waals surface area (Å²) in [6.07, 6.45) is -3.38. The monoisotopic (exact) mass is 324 g/mol. The number of rotatable bonds is 6. The van der Waals surface area contributed by atoms with E-state index in [1.807, 2.05) is 6.92 Å². The van der Waals surface area contributed by atoms with Gasteiger partial charge in [0.2, 0.25) is 0 Å². The van der Waals surface area contributed by atoms with E-state index in [9.17, 15) is 18.0 Å². The van der Waals surface area contributed by atoms with Gasteiger partial charge in [-0.1, -0.05) is 19.1 Å². The van der Waals surface area contributed by atoms with E-state index in [1.165, 1.54) is 0 Å². The van der Waals surface area contributed by atoms with E-state index in [-0.39, 0.29) is 11.3 Å². The molecule has 0 unspecified atom stereocenters. The maximum atomic E-state index is 12.7. The number of ether oxygens (including phenoxy) is 2. The van der Waals surface area contributed by atoms with Crippen molar-refractivity contribution in [1.29, 1.82) is 0 Å². The number of para-hydroxylation sites is 2. The van der Waals surface area contributed by atoms with E-state index in [1.54, 1.807) is 24.3 Å². The summed E-state index contributed by atoms with van der Waals surface area (Å²) in [4.78, 5) is 11.1. The molecule has 0 bridgehead atoms. The van der Waals surface area contributed by atoms with E-state index < -0.39 is 11.7 Å². The van der Waals surface area contributed by atoms with Gasteiger partial charge in [0.1, 0.15) is 5.75 Å². The van der Waals surface area contributed by atoms with Crippen molar-refractivity contribution in [2.75, 3.05) is 6.61 Å². The number of benzene rings is 2. The zero-order valence-corrected chi connectivity index (χ0v) is 12.4. The van der Waals surface area contributed by atoms with E-state index in [0.717, 1.165) is 24.6 Å². The molecule has 0 aliphatic rings. The van der Waals surface area contributed by atoms with Crippen LogP contribution in [0.5, 0.6) is 17.2 Å². The number of aldehydes is 1. The maximum absolute atomic E-state index is 12.7. The summed E-state index contributed by atoms with van der Waals surface area (Å²) in [5.41, 5.74) is -1.08. The molecule has 0 fully saturated rings. The molecule has 2 rings (SSSR count). The molecule has 0 amide bonds. The molecule has 0 radical (unpaired) electrons. The Morgan fingerprint density at radius 2 is 1.74 bits per heavy atom. The van der Waals surface area contributed by atoms with E-state index in [0.29, 0.717) is 24.4 Å². The Labute approximate surface area is 131 Å². The first kappa shape index (κ1) is 16.9. The van der Waals surface area contributed by atoms with Gasteiger partial charge in [0.05, 0.1) is 17.7 Å². The highest BCUT2D eigenvalue weighted by Gasteiger charge is 2.31. The third-order valence-corrected chi connectivity index (χ3v) is 2.99. The van der Waals surface area contributed by atoms with Crippen LogP contribution in [0.3, 0.4) is 0 Å². The van der Waals surface area contributed by atoms with Crippen LogP contribution in [0.25, 0.3) is 0 Å². The maximum Gasteiger partial charge on any atom is 0.416 e. The Balaban J connectivity index is 2.32. The molecule has 2 aromatic carbocycles. The summed E-state index contributed by atoms with van der Waals surface area (Å²) in [5.74, 6) is 0.843. The molecule has 0 aromatic heterocycles. The first-order chi connectivity index (χ1) is 11.0. The largest absolute Gasteiger partial charge is 0.490 e. The van der Waals surface area contributed by atoms with Crippen molar-refractivity contribution in [3.63, 3.8) is 0 Å². The molecule has 0 saturated heterocycles.